The number of carboxylic acid groups (broad SMARTS) is 1. The van der Waals surface area contributed by atoms with Gasteiger partial charge in [0, 0.05) is 12.5 Å². The molecule has 0 bridgehead atoms. The maximum atomic E-state index is 12.9. The predicted molar refractivity (Wildman–Crippen MR) is 180 cm³/mol. The van der Waals surface area contributed by atoms with E-state index in [1.54, 1.807) is 0 Å². The first-order chi connectivity index (χ1) is 23.5. The van der Waals surface area contributed by atoms with Gasteiger partial charge in [0.05, 0.1) is 6.54 Å². The third-order valence-electron chi connectivity index (χ3n) is 8.42. The van der Waals surface area contributed by atoms with Crippen LogP contribution in [0.3, 0.4) is 0 Å². The number of hydroxylamine groups is 1. The predicted octanol–water partition coefficient (Wildman–Crippen LogP) is 4.61. The molecular weight excluding hydrogens is 606 g/mol. The molecule has 1 aliphatic carbocycles. The highest BCUT2D eigenvalue weighted by atomic mass is 16.6. The van der Waals surface area contributed by atoms with Crippen LogP contribution in [0.1, 0.15) is 33.7 Å². The second-order valence-electron chi connectivity index (χ2n) is 11.3. The van der Waals surface area contributed by atoms with Gasteiger partial charge in [0.2, 0.25) is 5.91 Å². The van der Waals surface area contributed by atoms with Gasteiger partial charge in [0.25, 0.3) is 0 Å². The average molecular weight is 641 g/mol. The molecule has 0 aliphatic heterocycles. The van der Waals surface area contributed by atoms with E-state index in [0.717, 1.165) is 38.9 Å². The normalized spacial score (nSPS) is 13.3. The number of aliphatic carboxylic acids is 1. The number of fused-ring (bicyclic) bond motifs is 3. The summed E-state index contributed by atoms with van der Waals surface area (Å²) in [7, 11) is 0. The fraction of sp³-hybridized carbons (Fsp3) is 0.154. The fourth-order valence-electron chi connectivity index (χ4n) is 6.16. The van der Waals surface area contributed by atoms with E-state index in [1.165, 1.54) is 0 Å². The number of aliphatic imine (C=N–C) groups is 1. The lowest BCUT2D eigenvalue weighted by Crippen LogP contribution is -2.46. The number of carboxylic acids is 1. The van der Waals surface area contributed by atoms with Crippen molar-refractivity contribution < 1.29 is 29.4 Å². The van der Waals surface area contributed by atoms with E-state index in [0.29, 0.717) is 0 Å². The van der Waals surface area contributed by atoms with E-state index >= 15 is 0 Å². The minimum atomic E-state index is -1.55. The highest BCUT2D eigenvalue weighted by Gasteiger charge is 2.37. The van der Waals surface area contributed by atoms with E-state index in [-0.39, 0.29) is 12.5 Å². The molecule has 5 aromatic rings. The lowest BCUT2D eigenvalue weighted by molar-refractivity contribution is -0.251. The Balaban J connectivity index is 1.10. The Hall–Kier alpha value is -5.77. The molecule has 9 nitrogen and oxygen atoms in total. The smallest absolute Gasteiger partial charge is 0.330 e. The first-order valence-electron chi connectivity index (χ1n) is 15.6. The van der Waals surface area contributed by atoms with E-state index in [9.17, 15) is 19.8 Å². The van der Waals surface area contributed by atoms with Gasteiger partial charge in [-0.25, -0.2) is 4.79 Å². The van der Waals surface area contributed by atoms with Crippen molar-refractivity contribution in [1.82, 2.24) is 10.8 Å². The standard InChI is InChI=1S/C39H35N3O6/c43-36(26-48-42-39(27-14-4-1-5-15-27,28-16-6-2-7-17-28)29-18-8-3-9-19-29)40-24-35(37(44)45)41-38(46)47-25-34-32-22-12-10-20-30(32)31-21-11-13-23-33(31)34/h1-23,34-35,42H,24-26H2,(H,40,43)(H,41,46)(H,44,45)/p-1/t35-/m1/s1. The molecule has 0 radical (unpaired) electrons. The second kappa shape index (κ2) is 14.8. The second-order valence-corrected chi connectivity index (χ2v) is 11.3. The van der Waals surface area contributed by atoms with Crippen molar-refractivity contribution >= 4 is 18.0 Å². The number of ether oxygens (including phenoxy) is 1. The van der Waals surface area contributed by atoms with Gasteiger partial charge in [-0.05, 0) is 38.9 Å². The first-order valence-corrected chi connectivity index (χ1v) is 15.6. The summed E-state index contributed by atoms with van der Waals surface area (Å²) < 4.78 is 5.44. The van der Waals surface area contributed by atoms with Gasteiger partial charge in [-0.15, -0.1) is 0 Å². The zero-order valence-corrected chi connectivity index (χ0v) is 26.0. The van der Waals surface area contributed by atoms with Crippen molar-refractivity contribution in [1.29, 1.82) is 0 Å². The number of amides is 1. The van der Waals surface area contributed by atoms with Crippen molar-refractivity contribution in [3.8, 4) is 11.1 Å². The van der Waals surface area contributed by atoms with Crippen LogP contribution in [0.25, 0.3) is 11.1 Å². The number of carbonyl (C=O) groups excluding carboxylic acids is 1. The Morgan fingerprint density at radius 3 is 1.67 bits per heavy atom. The lowest BCUT2D eigenvalue weighted by atomic mass is 9.78. The average Bonchev–Trinajstić information content (AvgIpc) is 3.45. The molecule has 0 saturated heterocycles. The highest BCUT2D eigenvalue weighted by Crippen LogP contribution is 2.44. The third kappa shape index (κ3) is 6.83. The molecule has 242 valence electrons. The Morgan fingerprint density at radius 1 is 0.729 bits per heavy atom. The molecule has 5 aromatic carbocycles. The summed E-state index contributed by atoms with van der Waals surface area (Å²) in [6, 6.07) is 43.4. The minimum Gasteiger partial charge on any atom is -0.599 e. The summed E-state index contributed by atoms with van der Waals surface area (Å²) in [5.74, 6) is -2.17. The maximum absolute atomic E-state index is 12.9. The van der Waals surface area contributed by atoms with E-state index in [2.05, 4.69) is 15.8 Å². The molecule has 0 fully saturated rings. The van der Waals surface area contributed by atoms with Gasteiger partial charge < -0.3 is 20.3 Å². The Kier molecular flexibility index (Phi) is 9.90. The van der Waals surface area contributed by atoms with Crippen molar-refractivity contribution in [2.75, 3.05) is 19.8 Å². The van der Waals surface area contributed by atoms with Crippen LogP contribution >= 0.6 is 0 Å². The van der Waals surface area contributed by atoms with Crippen LogP contribution in [0.15, 0.2) is 145 Å². The Morgan fingerprint density at radius 2 is 1.19 bits per heavy atom. The Bertz CT molecular complexity index is 1740. The summed E-state index contributed by atoms with van der Waals surface area (Å²) in [4.78, 5) is 34.4. The maximum Gasteiger partial charge on any atom is 0.330 e. The highest BCUT2D eigenvalue weighted by molar-refractivity contribution is 5.81. The van der Waals surface area contributed by atoms with Gasteiger partial charge >= 0.3 is 5.97 Å². The zero-order chi connectivity index (χ0) is 33.3. The molecule has 0 unspecified atom stereocenters. The Labute approximate surface area is 278 Å². The number of hydrogen-bond acceptors (Lipinski definition) is 7. The molecule has 0 aromatic heterocycles. The molecule has 1 aliphatic rings. The minimum absolute atomic E-state index is 0.000556. The third-order valence-corrected chi connectivity index (χ3v) is 8.42. The number of carbonyl (C=O) groups is 2. The molecule has 0 heterocycles. The number of nitrogens with one attached hydrogen (secondary N) is 2. The molecule has 6 rings (SSSR count). The SMILES string of the molecule is O=C(CONC(c1ccccc1)(c1ccccc1)c1ccccc1)NC[C@@H](N=C([O-])OCC1c2ccccc2-c2ccccc21)C(=O)O. The summed E-state index contributed by atoms with van der Waals surface area (Å²) in [5, 5.41) is 24.9. The molecule has 0 spiro atoms. The van der Waals surface area contributed by atoms with Crippen LogP contribution in [0, 0.1) is 0 Å². The fourth-order valence-corrected chi connectivity index (χ4v) is 6.16. The van der Waals surface area contributed by atoms with Gasteiger partial charge in [0.1, 0.15) is 18.2 Å². The van der Waals surface area contributed by atoms with Crippen LogP contribution in [0.4, 0.5) is 0 Å². The topological polar surface area (TPSA) is 132 Å². The molecule has 1 amide bonds. The molecule has 3 N–H and O–H groups in total. The summed E-state index contributed by atoms with van der Waals surface area (Å²) in [6.45, 7) is -0.866. The summed E-state index contributed by atoms with van der Waals surface area (Å²) in [6.07, 6.45) is -1.02. The summed E-state index contributed by atoms with van der Waals surface area (Å²) >= 11 is 0. The van der Waals surface area contributed by atoms with Crippen LogP contribution in [-0.2, 0) is 24.7 Å². The van der Waals surface area contributed by atoms with Crippen LogP contribution in [-0.4, -0.2) is 48.9 Å². The van der Waals surface area contributed by atoms with Crippen molar-refractivity contribution in [3.05, 3.63) is 167 Å². The van der Waals surface area contributed by atoms with E-state index < -0.39 is 42.7 Å². The lowest BCUT2D eigenvalue weighted by Gasteiger charge is -2.36. The quantitative estimate of drug-likeness (QED) is 0.0741. The van der Waals surface area contributed by atoms with Gasteiger partial charge in [-0.1, -0.05) is 140 Å². The molecule has 9 heteroatoms. The number of hydrogen-bond donors (Lipinski definition) is 3. The number of benzene rings is 5. The van der Waals surface area contributed by atoms with Crippen molar-refractivity contribution in [2.45, 2.75) is 17.5 Å². The number of nitrogens with zero attached hydrogens (tertiary/aromatic N) is 1. The van der Waals surface area contributed by atoms with Gasteiger partial charge in [0.15, 0.2) is 6.04 Å². The largest absolute Gasteiger partial charge is 0.599 e. The van der Waals surface area contributed by atoms with Crippen molar-refractivity contribution in [3.63, 3.8) is 0 Å². The zero-order valence-electron chi connectivity index (χ0n) is 26.0. The van der Waals surface area contributed by atoms with E-state index in [1.807, 2.05) is 140 Å². The molecular formula is C39H34N3O6-. The summed E-state index contributed by atoms with van der Waals surface area (Å²) in [5.41, 5.74) is 9.02. The molecule has 0 saturated carbocycles. The van der Waals surface area contributed by atoms with Gasteiger partial charge in [-0.2, -0.15) is 5.48 Å². The first kappa shape index (κ1) is 32.2. The van der Waals surface area contributed by atoms with Gasteiger partial charge in [-0.3, -0.25) is 14.6 Å². The van der Waals surface area contributed by atoms with Crippen LogP contribution in [0.5, 0.6) is 0 Å². The monoisotopic (exact) mass is 640 g/mol. The van der Waals surface area contributed by atoms with Crippen molar-refractivity contribution in [2.24, 2.45) is 4.99 Å². The molecule has 1 atom stereocenters. The molecule has 48 heavy (non-hydrogen) atoms. The van der Waals surface area contributed by atoms with Crippen LogP contribution < -0.4 is 15.9 Å². The van der Waals surface area contributed by atoms with E-state index in [4.69, 9.17) is 9.57 Å². The van der Waals surface area contributed by atoms with Crippen LogP contribution in [0.2, 0.25) is 0 Å². The number of rotatable bonds is 13.